The van der Waals surface area contributed by atoms with Crippen LogP contribution in [0.1, 0.15) is 15.5 Å². The van der Waals surface area contributed by atoms with Crippen molar-refractivity contribution in [2.75, 3.05) is 13.2 Å². The zero-order valence-corrected chi connectivity index (χ0v) is 13.9. The number of carbonyl (C=O) groups is 1. The van der Waals surface area contributed by atoms with E-state index in [4.69, 9.17) is 4.74 Å². The van der Waals surface area contributed by atoms with E-state index in [9.17, 15) is 4.79 Å². The van der Waals surface area contributed by atoms with Crippen LogP contribution in [0.25, 0.3) is 10.9 Å². The number of para-hydroxylation sites is 1. The lowest BCUT2D eigenvalue weighted by Gasteiger charge is -2.05. The van der Waals surface area contributed by atoms with Crippen LogP contribution in [0.3, 0.4) is 0 Å². The Morgan fingerprint density at radius 1 is 1.29 bits per heavy atom. The van der Waals surface area contributed by atoms with Crippen molar-refractivity contribution < 1.29 is 9.53 Å². The number of carbonyl (C=O) groups excluding carboxylic acids is 1. The molecule has 0 spiro atoms. The van der Waals surface area contributed by atoms with Crippen molar-refractivity contribution in [1.29, 1.82) is 0 Å². The minimum absolute atomic E-state index is 0.215. The summed E-state index contributed by atoms with van der Waals surface area (Å²) in [4.78, 5) is 20.2. The first-order valence-electron chi connectivity index (χ1n) is 7.36. The molecule has 0 bridgehead atoms. The standard InChI is InChI=1S/C18H15N3O2S/c1-13-21-15(12-24-13)18(22)20-9-2-3-11-23-16-8-4-6-14-7-5-10-19-17(14)16/h4-8,10,12H,9,11H2,1H3,(H,20,22). The van der Waals surface area contributed by atoms with Crippen LogP contribution in [0.5, 0.6) is 5.75 Å². The summed E-state index contributed by atoms with van der Waals surface area (Å²) in [5, 5.41) is 6.32. The predicted molar refractivity (Wildman–Crippen MR) is 94.2 cm³/mol. The highest BCUT2D eigenvalue weighted by atomic mass is 32.1. The van der Waals surface area contributed by atoms with Gasteiger partial charge in [-0.1, -0.05) is 30.0 Å². The first kappa shape index (κ1) is 16.0. The molecule has 0 aliphatic rings. The summed E-state index contributed by atoms with van der Waals surface area (Å²) in [5.74, 6) is 6.22. The molecule has 0 saturated heterocycles. The van der Waals surface area contributed by atoms with E-state index < -0.39 is 0 Å². The predicted octanol–water partition coefficient (Wildman–Crippen LogP) is 2.81. The number of nitrogens with one attached hydrogen (secondary N) is 1. The molecule has 1 amide bonds. The van der Waals surface area contributed by atoms with Crippen LogP contribution in [0, 0.1) is 18.8 Å². The van der Waals surface area contributed by atoms with Crippen LogP contribution in [-0.2, 0) is 0 Å². The second-order valence-corrected chi connectivity index (χ2v) is 5.97. The van der Waals surface area contributed by atoms with Gasteiger partial charge >= 0.3 is 0 Å². The smallest absolute Gasteiger partial charge is 0.271 e. The number of benzene rings is 1. The van der Waals surface area contributed by atoms with Gasteiger partial charge in [-0.25, -0.2) is 4.98 Å². The van der Waals surface area contributed by atoms with Gasteiger partial charge in [-0.2, -0.15) is 0 Å². The number of rotatable bonds is 4. The van der Waals surface area contributed by atoms with E-state index in [0.717, 1.165) is 15.9 Å². The number of aromatic nitrogens is 2. The van der Waals surface area contributed by atoms with E-state index >= 15 is 0 Å². The maximum Gasteiger partial charge on any atom is 0.271 e. The Kier molecular flexibility index (Phi) is 5.04. The number of nitrogens with zero attached hydrogens (tertiary/aromatic N) is 2. The van der Waals surface area contributed by atoms with Gasteiger partial charge < -0.3 is 10.1 Å². The molecular formula is C18H15N3O2S. The molecule has 0 fully saturated rings. The minimum atomic E-state index is -0.215. The van der Waals surface area contributed by atoms with Crippen molar-refractivity contribution in [3.05, 3.63) is 52.6 Å². The van der Waals surface area contributed by atoms with Crippen molar-refractivity contribution in [1.82, 2.24) is 15.3 Å². The zero-order valence-electron chi connectivity index (χ0n) is 13.1. The third-order valence-electron chi connectivity index (χ3n) is 3.21. The highest BCUT2D eigenvalue weighted by Gasteiger charge is 2.07. The summed E-state index contributed by atoms with van der Waals surface area (Å²) in [7, 11) is 0. The van der Waals surface area contributed by atoms with E-state index in [1.165, 1.54) is 11.3 Å². The Hall–Kier alpha value is -2.91. The van der Waals surface area contributed by atoms with Crippen molar-refractivity contribution in [2.45, 2.75) is 6.92 Å². The highest BCUT2D eigenvalue weighted by Crippen LogP contribution is 2.22. The van der Waals surface area contributed by atoms with Crippen LogP contribution < -0.4 is 10.1 Å². The van der Waals surface area contributed by atoms with Crippen molar-refractivity contribution in [3.63, 3.8) is 0 Å². The Balaban J connectivity index is 1.50. The Morgan fingerprint density at radius 3 is 3.00 bits per heavy atom. The molecule has 0 unspecified atom stereocenters. The molecule has 0 aliphatic carbocycles. The summed E-state index contributed by atoms with van der Waals surface area (Å²) in [6, 6.07) is 9.64. The second-order valence-electron chi connectivity index (χ2n) is 4.91. The van der Waals surface area contributed by atoms with E-state index in [0.29, 0.717) is 11.4 Å². The summed E-state index contributed by atoms with van der Waals surface area (Å²) >= 11 is 1.44. The Bertz CT molecular complexity index is 919. The van der Waals surface area contributed by atoms with Crippen molar-refractivity contribution in [3.8, 4) is 17.6 Å². The summed E-state index contributed by atoms with van der Waals surface area (Å²) < 4.78 is 5.65. The lowest BCUT2D eigenvalue weighted by molar-refractivity contribution is 0.0954. The SMILES string of the molecule is Cc1nc(C(=O)NCC#CCOc2cccc3cccnc23)cs1. The van der Waals surface area contributed by atoms with E-state index in [-0.39, 0.29) is 19.1 Å². The number of amides is 1. The lowest BCUT2D eigenvalue weighted by atomic mass is 10.2. The van der Waals surface area contributed by atoms with Gasteiger partial charge in [-0.3, -0.25) is 9.78 Å². The first-order valence-corrected chi connectivity index (χ1v) is 8.24. The molecule has 1 N–H and O–H groups in total. The molecule has 24 heavy (non-hydrogen) atoms. The van der Waals surface area contributed by atoms with Crippen molar-refractivity contribution in [2.24, 2.45) is 0 Å². The molecule has 0 radical (unpaired) electrons. The summed E-state index contributed by atoms with van der Waals surface area (Å²) in [5.41, 5.74) is 1.24. The average molecular weight is 337 g/mol. The molecule has 0 aliphatic heterocycles. The number of fused-ring (bicyclic) bond motifs is 1. The van der Waals surface area contributed by atoms with Gasteiger partial charge in [0.05, 0.1) is 11.6 Å². The quantitative estimate of drug-likeness (QED) is 0.744. The summed E-state index contributed by atoms with van der Waals surface area (Å²) in [6.45, 7) is 2.36. The fourth-order valence-corrected chi connectivity index (χ4v) is 2.70. The Labute approximate surface area is 143 Å². The van der Waals surface area contributed by atoms with E-state index in [2.05, 4.69) is 27.1 Å². The second kappa shape index (κ2) is 7.57. The molecule has 3 aromatic rings. The number of pyridine rings is 1. The third kappa shape index (κ3) is 3.89. The normalized spacial score (nSPS) is 10.0. The van der Waals surface area contributed by atoms with Crippen LogP contribution in [0.4, 0.5) is 0 Å². The number of ether oxygens (including phenoxy) is 1. The number of hydrogen-bond donors (Lipinski definition) is 1. The van der Waals surface area contributed by atoms with Gasteiger partial charge in [0, 0.05) is 17.0 Å². The van der Waals surface area contributed by atoms with Gasteiger partial charge in [0.15, 0.2) is 0 Å². The van der Waals surface area contributed by atoms with Gasteiger partial charge in [0.1, 0.15) is 23.6 Å². The fraction of sp³-hybridized carbons (Fsp3) is 0.167. The lowest BCUT2D eigenvalue weighted by Crippen LogP contribution is -2.23. The molecule has 6 heteroatoms. The molecule has 120 valence electrons. The van der Waals surface area contributed by atoms with Crippen LogP contribution in [0.2, 0.25) is 0 Å². The maximum atomic E-state index is 11.8. The topological polar surface area (TPSA) is 64.1 Å². The van der Waals surface area contributed by atoms with Gasteiger partial charge in [0.25, 0.3) is 5.91 Å². The largest absolute Gasteiger partial charge is 0.479 e. The van der Waals surface area contributed by atoms with Crippen LogP contribution in [0.15, 0.2) is 41.9 Å². The van der Waals surface area contributed by atoms with Gasteiger partial charge in [-0.05, 0) is 19.1 Å². The van der Waals surface area contributed by atoms with E-state index in [1.54, 1.807) is 11.6 Å². The molecule has 1 aromatic carbocycles. The third-order valence-corrected chi connectivity index (χ3v) is 3.98. The minimum Gasteiger partial charge on any atom is -0.479 e. The van der Waals surface area contributed by atoms with E-state index in [1.807, 2.05) is 37.3 Å². The summed E-state index contributed by atoms with van der Waals surface area (Å²) in [6.07, 6.45) is 1.73. The first-order chi connectivity index (χ1) is 11.7. The highest BCUT2D eigenvalue weighted by molar-refractivity contribution is 7.09. The van der Waals surface area contributed by atoms with Crippen molar-refractivity contribution >= 4 is 28.1 Å². The molecule has 5 nitrogen and oxygen atoms in total. The van der Waals surface area contributed by atoms with Crippen LogP contribution >= 0.6 is 11.3 Å². The molecule has 2 heterocycles. The number of aryl methyl sites for hydroxylation is 1. The van der Waals surface area contributed by atoms with Gasteiger partial charge in [-0.15, -0.1) is 11.3 Å². The number of thiazole rings is 1. The zero-order chi connectivity index (χ0) is 16.8. The fourth-order valence-electron chi connectivity index (χ4n) is 2.10. The molecule has 0 atom stereocenters. The number of hydrogen-bond acceptors (Lipinski definition) is 5. The molecular weight excluding hydrogens is 322 g/mol. The maximum absolute atomic E-state index is 11.8. The molecule has 2 aromatic heterocycles. The van der Waals surface area contributed by atoms with Gasteiger partial charge in [0.2, 0.25) is 0 Å². The molecule has 3 rings (SSSR count). The molecule has 0 saturated carbocycles. The van der Waals surface area contributed by atoms with Crippen LogP contribution in [-0.4, -0.2) is 29.0 Å². The Morgan fingerprint density at radius 2 is 2.17 bits per heavy atom. The average Bonchev–Trinajstić information content (AvgIpc) is 3.04. The monoisotopic (exact) mass is 337 g/mol.